The molecule has 0 saturated heterocycles. The molecule has 162 valence electrons. The van der Waals surface area contributed by atoms with Crippen LogP contribution < -0.4 is 0 Å². The Hall–Kier alpha value is -2.20. The number of aliphatic hydroxyl groups excluding tert-OH is 1. The zero-order chi connectivity index (χ0) is 22.1. The van der Waals surface area contributed by atoms with Gasteiger partial charge in [-0.1, -0.05) is 81.5 Å². The van der Waals surface area contributed by atoms with Crippen molar-refractivity contribution in [2.24, 2.45) is 0 Å². The number of aliphatic hydroxyl groups is 3. The van der Waals surface area contributed by atoms with E-state index >= 15 is 0 Å². The molecule has 2 rings (SSSR count). The van der Waals surface area contributed by atoms with E-state index in [0.717, 1.165) is 37.7 Å². The van der Waals surface area contributed by atoms with E-state index in [0.29, 0.717) is 5.56 Å². The Morgan fingerprint density at radius 1 is 0.900 bits per heavy atom. The molecule has 0 aromatic heterocycles. The summed E-state index contributed by atoms with van der Waals surface area (Å²) in [6, 6.07) is 16.1. The highest BCUT2D eigenvalue weighted by molar-refractivity contribution is 5.67. The second kappa shape index (κ2) is 11.3. The van der Waals surface area contributed by atoms with Crippen molar-refractivity contribution in [1.29, 1.82) is 0 Å². The summed E-state index contributed by atoms with van der Waals surface area (Å²) in [5.74, 6) is 0. The van der Waals surface area contributed by atoms with Crippen LogP contribution in [-0.4, -0.2) is 20.9 Å². The molecule has 0 fully saturated rings. The molecule has 0 radical (unpaired) electrons. The number of hydrogen-bond acceptors (Lipinski definition) is 3. The number of aryl methyl sites for hydroxylation is 2. The molecule has 0 bridgehead atoms. The van der Waals surface area contributed by atoms with E-state index in [9.17, 15) is 15.3 Å². The van der Waals surface area contributed by atoms with Crippen LogP contribution in [-0.2, 0) is 12.8 Å². The van der Waals surface area contributed by atoms with Crippen molar-refractivity contribution in [1.82, 2.24) is 0 Å². The molecule has 0 aliphatic rings. The summed E-state index contributed by atoms with van der Waals surface area (Å²) >= 11 is 0. The fourth-order valence-electron chi connectivity index (χ4n) is 3.68. The van der Waals surface area contributed by atoms with Gasteiger partial charge in [-0.2, -0.15) is 0 Å². The lowest BCUT2D eigenvalue weighted by Crippen LogP contribution is -2.27. The highest BCUT2D eigenvalue weighted by Gasteiger charge is 2.23. The molecule has 0 heterocycles. The molecule has 2 aromatic rings. The molecule has 0 saturated carbocycles. The van der Waals surface area contributed by atoms with Crippen molar-refractivity contribution in [2.75, 3.05) is 0 Å². The third-order valence-electron chi connectivity index (χ3n) is 6.10. The predicted octanol–water partition coefficient (Wildman–Crippen LogP) is 5.75. The fraction of sp³-hybridized carbons (Fsp3) is 0.407. The summed E-state index contributed by atoms with van der Waals surface area (Å²) < 4.78 is 0. The Morgan fingerprint density at radius 3 is 2.10 bits per heavy atom. The van der Waals surface area contributed by atoms with E-state index < -0.39 is 11.9 Å². The highest BCUT2D eigenvalue weighted by Crippen LogP contribution is 2.26. The van der Waals surface area contributed by atoms with Crippen molar-refractivity contribution in [3.63, 3.8) is 0 Å². The molecule has 0 amide bonds. The quantitative estimate of drug-likeness (QED) is 0.347. The topological polar surface area (TPSA) is 60.7 Å². The molecule has 3 N–H and O–H groups in total. The lowest BCUT2D eigenvalue weighted by atomic mass is 9.88. The molecule has 3 heteroatoms. The third kappa shape index (κ3) is 6.40. The first-order valence-corrected chi connectivity index (χ1v) is 11.0. The first-order chi connectivity index (χ1) is 14.3. The minimum Gasteiger partial charge on any atom is -0.386 e. The number of benzene rings is 2. The van der Waals surface area contributed by atoms with E-state index in [2.05, 4.69) is 43.3 Å². The Kier molecular flexibility index (Phi) is 9.04. The number of allylic oxidation sites excluding steroid dienone is 3. The van der Waals surface area contributed by atoms with E-state index in [4.69, 9.17) is 0 Å². The zero-order valence-corrected chi connectivity index (χ0v) is 18.7. The van der Waals surface area contributed by atoms with Gasteiger partial charge < -0.3 is 15.3 Å². The average Bonchev–Trinajstić information content (AvgIpc) is 2.78. The smallest absolute Gasteiger partial charge is 0.178 e. The Morgan fingerprint density at radius 2 is 1.53 bits per heavy atom. The zero-order valence-electron chi connectivity index (χ0n) is 18.7. The van der Waals surface area contributed by atoms with Gasteiger partial charge in [0.1, 0.15) is 0 Å². The Balaban J connectivity index is 2.14. The molecule has 2 aromatic carbocycles. The normalized spacial score (nSPS) is 13.2. The van der Waals surface area contributed by atoms with E-state index in [-0.39, 0.29) is 0 Å². The fourth-order valence-corrected chi connectivity index (χ4v) is 3.68. The maximum Gasteiger partial charge on any atom is 0.178 e. The molecule has 0 aliphatic heterocycles. The summed E-state index contributed by atoms with van der Waals surface area (Å²) in [6.45, 7) is 8.21. The molecule has 0 atom stereocenters. The molecule has 0 spiro atoms. The highest BCUT2D eigenvalue weighted by atomic mass is 16.5. The van der Waals surface area contributed by atoms with Crippen LogP contribution in [0, 0.1) is 0 Å². The van der Waals surface area contributed by atoms with E-state index in [1.54, 1.807) is 12.1 Å². The SMILES string of the molecule is CCC(=CC=C(C)C(O)(CC)CC)c1cccc(CCc2ccc(C(O)O)cc2)c1. The van der Waals surface area contributed by atoms with Crippen molar-refractivity contribution < 1.29 is 15.3 Å². The van der Waals surface area contributed by atoms with Gasteiger partial charge in [-0.05, 0) is 66.9 Å². The average molecular weight is 409 g/mol. The second-order valence-electron chi connectivity index (χ2n) is 7.95. The number of hydrogen-bond donors (Lipinski definition) is 3. The van der Waals surface area contributed by atoms with Gasteiger partial charge in [0.25, 0.3) is 0 Å². The van der Waals surface area contributed by atoms with Crippen LogP contribution in [0.25, 0.3) is 5.57 Å². The van der Waals surface area contributed by atoms with E-state index in [1.165, 1.54) is 22.3 Å². The Labute approximate surface area is 181 Å². The van der Waals surface area contributed by atoms with Crippen LogP contribution in [0.15, 0.2) is 66.3 Å². The summed E-state index contributed by atoms with van der Waals surface area (Å²) in [7, 11) is 0. The lowest BCUT2D eigenvalue weighted by Gasteiger charge is -2.26. The summed E-state index contributed by atoms with van der Waals surface area (Å²) in [5.41, 5.74) is 5.72. The second-order valence-corrected chi connectivity index (χ2v) is 7.95. The maximum absolute atomic E-state index is 10.7. The molecular weight excluding hydrogens is 372 g/mol. The molecule has 3 nitrogen and oxygen atoms in total. The summed E-state index contributed by atoms with van der Waals surface area (Å²) in [5, 5.41) is 29.1. The van der Waals surface area contributed by atoms with Gasteiger partial charge in [0, 0.05) is 5.56 Å². The van der Waals surface area contributed by atoms with Gasteiger partial charge in [0.15, 0.2) is 6.29 Å². The van der Waals surface area contributed by atoms with Crippen LogP contribution in [0.3, 0.4) is 0 Å². The monoisotopic (exact) mass is 408 g/mol. The van der Waals surface area contributed by atoms with Crippen LogP contribution in [0.2, 0.25) is 0 Å². The molecule has 0 aliphatic carbocycles. The first-order valence-electron chi connectivity index (χ1n) is 11.0. The minimum atomic E-state index is -1.42. The van der Waals surface area contributed by atoms with Gasteiger partial charge in [-0.25, -0.2) is 0 Å². The molecule has 0 unspecified atom stereocenters. The van der Waals surface area contributed by atoms with Crippen molar-refractivity contribution in [3.05, 3.63) is 88.5 Å². The van der Waals surface area contributed by atoms with Gasteiger partial charge in [-0.3, -0.25) is 0 Å². The summed E-state index contributed by atoms with van der Waals surface area (Å²) in [6.07, 6.45) is 6.97. The largest absolute Gasteiger partial charge is 0.386 e. The van der Waals surface area contributed by atoms with Crippen LogP contribution in [0.4, 0.5) is 0 Å². The van der Waals surface area contributed by atoms with Crippen LogP contribution in [0.5, 0.6) is 0 Å². The Bertz CT molecular complexity index is 856. The van der Waals surface area contributed by atoms with Gasteiger partial charge in [-0.15, -0.1) is 0 Å². The maximum atomic E-state index is 10.7. The predicted molar refractivity (Wildman–Crippen MR) is 125 cm³/mol. The van der Waals surface area contributed by atoms with Gasteiger partial charge in [0.2, 0.25) is 0 Å². The third-order valence-corrected chi connectivity index (χ3v) is 6.10. The van der Waals surface area contributed by atoms with Crippen molar-refractivity contribution >= 4 is 5.57 Å². The van der Waals surface area contributed by atoms with Crippen LogP contribution >= 0.6 is 0 Å². The standard InChI is InChI=1S/C27H36O3/c1-5-23(16-11-20(4)27(30,6-2)7-3)25-10-8-9-22(19-25)13-12-21-14-17-24(18-15-21)26(28)29/h8-11,14-19,26,28-30H,5-7,12-13H2,1-4H3. The lowest BCUT2D eigenvalue weighted by molar-refractivity contribution is -0.0424. The molecule has 30 heavy (non-hydrogen) atoms. The van der Waals surface area contributed by atoms with Crippen molar-refractivity contribution in [3.8, 4) is 0 Å². The van der Waals surface area contributed by atoms with Crippen molar-refractivity contribution in [2.45, 2.75) is 71.7 Å². The van der Waals surface area contributed by atoms with Gasteiger partial charge >= 0.3 is 0 Å². The molecular formula is C27H36O3. The van der Waals surface area contributed by atoms with Crippen LogP contribution in [0.1, 0.15) is 75.5 Å². The summed E-state index contributed by atoms with van der Waals surface area (Å²) in [4.78, 5) is 0. The van der Waals surface area contributed by atoms with E-state index in [1.807, 2.05) is 32.9 Å². The minimum absolute atomic E-state index is 0.514. The first kappa shape index (κ1) is 24.1. The van der Waals surface area contributed by atoms with Gasteiger partial charge in [0.05, 0.1) is 5.60 Å². The number of rotatable bonds is 10.